The number of anilines is 1. The maximum absolute atomic E-state index is 13.3. The Morgan fingerprint density at radius 1 is 1.50 bits per heavy atom. The maximum atomic E-state index is 13.3. The van der Waals surface area contributed by atoms with E-state index in [0.717, 1.165) is 0 Å². The Morgan fingerprint density at radius 2 is 2.25 bits per heavy atom. The molecule has 1 saturated heterocycles. The van der Waals surface area contributed by atoms with Crippen LogP contribution in [-0.4, -0.2) is 36.8 Å². The van der Waals surface area contributed by atoms with Crippen LogP contribution in [0.2, 0.25) is 0 Å². The molecule has 1 atom stereocenters. The summed E-state index contributed by atoms with van der Waals surface area (Å²) in [7, 11) is -2.91. The van der Waals surface area contributed by atoms with Crippen LogP contribution < -0.4 is 5.32 Å². The van der Waals surface area contributed by atoms with Crippen LogP contribution in [0.1, 0.15) is 12.0 Å². The van der Waals surface area contributed by atoms with Gasteiger partial charge in [0.1, 0.15) is 5.82 Å². The number of carbonyl (C=O) groups excluding carboxylic acids is 1. The number of hydrogen-bond acceptors (Lipinski definition) is 4. The van der Waals surface area contributed by atoms with Crippen LogP contribution >= 0.6 is 11.8 Å². The van der Waals surface area contributed by atoms with E-state index in [0.29, 0.717) is 17.7 Å². The smallest absolute Gasteiger partial charge is 0.234 e. The molecule has 1 N–H and O–H groups in total. The molecule has 0 bridgehead atoms. The quantitative estimate of drug-likeness (QED) is 0.922. The van der Waals surface area contributed by atoms with E-state index < -0.39 is 9.84 Å². The van der Waals surface area contributed by atoms with Gasteiger partial charge < -0.3 is 5.32 Å². The van der Waals surface area contributed by atoms with Gasteiger partial charge in [0.2, 0.25) is 5.91 Å². The molecule has 0 spiro atoms. The van der Waals surface area contributed by atoms with Gasteiger partial charge in [0.25, 0.3) is 0 Å². The predicted octanol–water partition coefficient (Wildman–Crippen LogP) is 1.99. The standard InChI is InChI=1S/C13H16FNO3S2/c1-9-2-3-10(6-12(9)14)15-13(16)7-19-11-4-5-20(17,18)8-11/h2-3,6,11H,4-5,7-8H2,1H3,(H,15,16)/t11-/m1/s1. The van der Waals surface area contributed by atoms with Gasteiger partial charge in [-0.15, -0.1) is 11.8 Å². The Bertz CT molecular complexity index is 616. The van der Waals surface area contributed by atoms with Gasteiger partial charge in [0, 0.05) is 10.9 Å². The minimum absolute atomic E-state index is 0.0134. The molecule has 0 aromatic heterocycles. The molecule has 1 amide bonds. The van der Waals surface area contributed by atoms with Crippen molar-refractivity contribution < 1.29 is 17.6 Å². The first-order chi connectivity index (χ1) is 9.35. The van der Waals surface area contributed by atoms with Crippen LogP contribution in [0.5, 0.6) is 0 Å². The highest BCUT2D eigenvalue weighted by molar-refractivity contribution is 8.02. The van der Waals surface area contributed by atoms with E-state index in [9.17, 15) is 17.6 Å². The molecule has 20 heavy (non-hydrogen) atoms. The molecule has 1 fully saturated rings. The van der Waals surface area contributed by atoms with Crippen molar-refractivity contribution in [2.45, 2.75) is 18.6 Å². The van der Waals surface area contributed by atoms with Gasteiger partial charge in [-0.2, -0.15) is 0 Å². The second-order valence-electron chi connectivity index (χ2n) is 4.85. The zero-order valence-corrected chi connectivity index (χ0v) is 12.7. The summed E-state index contributed by atoms with van der Waals surface area (Å²) in [6, 6.07) is 4.51. The summed E-state index contributed by atoms with van der Waals surface area (Å²) < 4.78 is 35.9. The van der Waals surface area contributed by atoms with Crippen molar-refractivity contribution in [1.29, 1.82) is 0 Å². The summed E-state index contributed by atoms with van der Waals surface area (Å²) in [5, 5.41) is 2.59. The van der Waals surface area contributed by atoms with Crippen molar-refractivity contribution in [3.63, 3.8) is 0 Å². The third-order valence-electron chi connectivity index (χ3n) is 3.10. The first kappa shape index (κ1) is 15.3. The molecule has 1 aliphatic rings. The number of thioether (sulfide) groups is 1. The largest absolute Gasteiger partial charge is 0.325 e. The number of rotatable bonds is 4. The number of aryl methyl sites for hydroxylation is 1. The molecule has 7 heteroatoms. The van der Waals surface area contributed by atoms with Crippen molar-refractivity contribution in [3.8, 4) is 0 Å². The van der Waals surface area contributed by atoms with E-state index in [1.165, 1.54) is 17.8 Å². The van der Waals surface area contributed by atoms with Gasteiger partial charge in [0.05, 0.1) is 17.3 Å². The van der Waals surface area contributed by atoms with Gasteiger partial charge in [0.15, 0.2) is 9.84 Å². The Labute approximate surface area is 122 Å². The van der Waals surface area contributed by atoms with Crippen molar-refractivity contribution in [2.75, 3.05) is 22.6 Å². The van der Waals surface area contributed by atoms with Gasteiger partial charge in [-0.3, -0.25) is 4.79 Å². The molecule has 1 aromatic carbocycles. The summed E-state index contributed by atoms with van der Waals surface area (Å²) in [4.78, 5) is 11.7. The van der Waals surface area contributed by atoms with Crippen LogP contribution in [0.15, 0.2) is 18.2 Å². The summed E-state index contributed by atoms with van der Waals surface area (Å²) in [5.74, 6) is -0.0881. The lowest BCUT2D eigenvalue weighted by Crippen LogP contribution is -2.17. The second kappa shape index (κ2) is 6.13. The van der Waals surface area contributed by atoms with Crippen molar-refractivity contribution in [2.24, 2.45) is 0 Å². The van der Waals surface area contributed by atoms with E-state index in [-0.39, 0.29) is 34.2 Å². The average Bonchev–Trinajstić information content (AvgIpc) is 2.71. The highest BCUT2D eigenvalue weighted by Gasteiger charge is 2.28. The Morgan fingerprint density at radius 3 is 2.85 bits per heavy atom. The maximum Gasteiger partial charge on any atom is 0.234 e. The normalized spacial score (nSPS) is 20.8. The minimum Gasteiger partial charge on any atom is -0.325 e. The van der Waals surface area contributed by atoms with Gasteiger partial charge in [-0.25, -0.2) is 12.8 Å². The highest BCUT2D eigenvalue weighted by atomic mass is 32.2. The van der Waals surface area contributed by atoms with E-state index >= 15 is 0 Å². The zero-order valence-electron chi connectivity index (χ0n) is 11.1. The van der Waals surface area contributed by atoms with Gasteiger partial charge in [-0.1, -0.05) is 6.07 Å². The van der Waals surface area contributed by atoms with E-state index in [1.807, 2.05) is 0 Å². The molecular formula is C13H16FNO3S2. The molecule has 110 valence electrons. The molecule has 2 rings (SSSR count). The first-order valence-corrected chi connectivity index (χ1v) is 9.11. The minimum atomic E-state index is -2.91. The Balaban J connectivity index is 1.82. The lowest BCUT2D eigenvalue weighted by Gasteiger charge is -2.09. The first-order valence-electron chi connectivity index (χ1n) is 6.24. The fourth-order valence-electron chi connectivity index (χ4n) is 1.95. The number of benzene rings is 1. The summed E-state index contributed by atoms with van der Waals surface area (Å²) in [6.07, 6.45) is 0.597. The SMILES string of the molecule is Cc1ccc(NC(=O)CS[C@@H]2CCS(=O)(=O)C2)cc1F. The average molecular weight is 317 g/mol. The number of hydrogen-bond donors (Lipinski definition) is 1. The monoisotopic (exact) mass is 317 g/mol. The number of carbonyl (C=O) groups is 1. The zero-order chi connectivity index (χ0) is 14.8. The molecule has 0 saturated carbocycles. The fraction of sp³-hybridized carbons (Fsp3) is 0.462. The Kier molecular flexibility index (Phi) is 4.70. The van der Waals surface area contributed by atoms with Crippen LogP contribution in [0.4, 0.5) is 10.1 Å². The number of sulfone groups is 1. The topological polar surface area (TPSA) is 63.2 Å². The van der Waals surface area contributed by atoms with E-state index in [4.69, 9.17) is 0 Å². The van der Waals surface area contributed by atoms with E-state index in [1.54, 1.807) is 19.1 Å². The molecule has 1 aliphatic heterocycles. The van der Waals surface area contributed by atoms with Gasteiger partial charge >= 0.3 is 0 Å². The third kappa shape index (κ3) is 4.21. The van der Waals surface area contributed by atoms with Crippen molar-refractivity contribution in [3.05, 3.63) is 29.6 Å². The summed E-state index contributed by atoms with van der Waals surface area (Å²) in [6.45, 7) is 1.65. The van der Waals surface area contributed by atoms with E-state index in [2.05, 4.69) is 5.32 Å². The molecular weight excluding hydrogens is 301 g/mol. The third-order valence-corrected chi connectivity index (χ3v) is 6.38. The lowest BCUT2D eigenvalue weighted by atomic mass is 10.2. The second-order valence-corrected chi connectivity index (χ2v) is 8.37. The van der Waals surface area contributed by atoms with Crippen LogP contribution in [-0.2, 0) is 14.6 Å². The van der Waals surface area contributed by atoms with Gasteiger partial charge in [-0.05, 0) is 31.0 Å². The Hall–Kier alpha value is -1.08. The predicted molar refractivity (Wildman–Crippen MR) is 79.3 cm³/mol. The highest BCUT2D eigenvalue weighted by Crippen LogP contribution is 2.24. The number of halogens is 1. The molecule has 1 heterocycles. The number of nitrogens with one attached hydrogen (secondary N) is 1. The summed E-state index contributed by atoms with van der Waals surface area (Å²) >= 11 is 1.34. The summed E-state index contributed by atoms with van der Waals surface area (Å²) in [5.41, 5.74) is 0.936. The molecule has 0 aliphatic carbocycles. The molecule has 1 aromatic rings. The molecule has 0 radical (unpaired) electrons. The van der Waals surface area contributed by atoms with Crippen molar-refractivity contribution >= 4 is 33.2 Å². The molecule has 0 unspecified atom stereocenters. The van der Waals surface area contributed by atoms with Crippen molar-refractivity contribution in [1.82, 2.24) is 0 Å². The fourth-order valence-corrected chi connectivity index (χ4v) is 5.40. The molecule has 4 nitrogen and oxygen atoms in total. The van der Waals surface area contributed by atoms with Crippen LogP contribution in [0.3, 0.4) is 0 Å². The number of amides is 1. The van der Waals surface area contributed by atoms with Crippen LogP contribution in [0, 0.1) is 12.7 Å². The lowest BCUT2D eigenvalue weighted by molar-refractivity contribution is -0.113. The van der Waals surface area contributed by atoms with Crippen LogP contribution in [0.25, 0.3) is 0 Å².